The average molecular weight is 262 g/mol. The van der Waals surface area contributed by atoms with E-state index >= 15 is 0 Å². The van der Waals surface area contributed by atoms with E-state index in [9.17, 15) is 4.79 Å². The van der Waals surface area contributed by atoms with Crippen LogP contribution < -0.4 is 11.5 Å². The fourth-order valence-corrected chi connectivity index (χ4v) is 2.32. The van der Waals surface area contributed by atoms with Gasteiger partial charge in [-0.3, -0.25) is 4.79 Å². The zero-order valence-corrected chi connectivity index (χ0v) is 12.1. The molecule has 0 unspecified atom stereocenters. The molecule has 0 saturated carbocycles. The van der Waals surface area contributed by atoms with Gasteiger partial charge in [0.2, 0.25) is 5.91 Å². The Labute approximate surface area is 116 Å². The lowest BCUT2D eigenvalue weighted by Gasteiger charge is -2.14. The summed E-state index contributed by atoms with van der Waals surface area (Å²) in [6, 6.07) is 8.29. The minimum atomic E-state index is -0.242. The van der Waals surface area contributed by atoms with Crippen LogP contribution in [0, 0.1) is 5.92 Å². The molecule has 0 saturated heterocycles. The van der Waals surface area contributed by atoms with Gasteiger partial charge in [-0.05, 0) is 42.9 Å². The molecule has 1 aromatic carbocycles. The second-order valence-electron chi connectivity index (χ2n) is 5.58. The Hall–Kier alpha value is -1.35. The van der Waals surface area contributed by atoms with Crippen molar-refractivity contribution in [3.8, 4) is 0 Å². The third kappa shape index (κ3) is 5.43. The van der Waals surface area contributed by atoms with Crippen molar-refractivity contribution >= 4 is 5.91 Å². The second-order valence-corrected chi connectivity index (χ2v) is 5.58. The first-order chi connectivity index (χ1) is 9.04. The van der Waals surface area contributed by atoms with Gasteiger partial charge in [0.1, 0.15) is 0 Å². The van der Waals surface area contributed by atoms with Crippen LogP contribution in [-0.2, 0) is 11.2 Å². The first-order valence-corrected chi connectivity index (χ1v) is 7.12. The molecule has 0 aliphatic carbocycles. The standard InChI is InChI=1S/C16H26N2O/c1-12(2)11-13-6-8-14(9-7-13)15(16(18)19)5-3-4-10-17/h6-9,12,15H,3-5,10-11,17H2,1-2H3,(H2,18,19)/t15-/m1/s1. The van der Waals surface area contributed by atoms with Gasteiger partial charge in [-0.15, -0.1) is 0 Å². The van der Waals surface area contributed by atoms with Crippen molar-refractivity contribution in [2.75, 3.05) is 6.54 Å². The number of primary amides is 1. The maximum atomic E-state index is 11.5. The van der Waals surface area contributed by atoms with Crippen LogP contribution in [0.25, 0.3) is 0 Å². The van der Waals surface area contributed by atoms with Crippen molar-refractivity contribution in [2.24, 2.45) is 17.4 Å². The van der Waals surface area contributed by atoms with Crippen LogP contribution in [0.4, 0.5) is 0 Å². The monoisotopic (exact) mass is 262 g/mol. The van der Waals surface area contributed by atoms with E-state index in [0.29, 0.717) is 12.5 Å². The molecule has 1 atom stereocenters. The minimum absolute atomic E-state index is 0.181. The van der Waals surface area contributed by atoms with Crippen molar-refractivity contribution in [1.82, 2.24) is 0 Å². The van der Waals surface area contributed by atoms with Crippen molar-refractivity contribution < 1.29 is 4.79 Å². The zero-order valence-electron chi connectivity index (χ0n) is 12.1. The summed E-state index contributed by atoms with van der Waals surface area (Å²) in [4.78, 5) is 11.5. The number of hydrogen-bond donors (Lipinski definition) is 2. The molecule has 4 N–H and O–H groups in total. The minimum Gasteiger partial charge on any atom is -0.369 e. The van der Waals surface area contributed by atoms with Crippen LogP contribution in [0.15, 0.2) is 24.3 Å². The maximum Gasteiger partial charge on any atom is 0.224 e. The molecule has 19 heavy (non-hydrogen) atoms. The summed E-state index contributed by atoms with van der Waals surface area (Å²) in [5.41, 5.74) is 13.3. The van der Waals surface area contributed by atoms with E-state index in [1.165, 1.54) is 5.56 Å². The number of amides is 1. The van der Waals surface area contributed by atoms with E-state index in [1.54, 1.807) is 0 Å². The van der Waals surface area contributed by atoms with Gasteiger partial charge in [-0.2, -0.15) is 0 Å². The molecule has 0 aliphatic rings. The molecule has 0 spiro atoms. The maximum absolute atomic E-state index is 11.5. The lowest BCUT2D eigenvalue weighted by Crippen LogP contribution is -2.21. The molecular weight excluding hydrogens is 236 g/mol. The van der Waals surface area contributed by atoms with Gasteiger partial charge in [-0.25, -0.2) is 0 Å². The molecule has 1 aromatic rings. The van der Waals surface area contributed by atoms with E-state index in [4.69, 9.17) is 11.5 Å². The highest BCUT2D eigenvalue weighted by Gasteiger charge is 2.17. The Kier molecular flexibility index (Phi) is 6.57. The molecule has 0 bridgehead atoms. The lowest BCUT2D eigenvalue weighted by atomic mass is 9.91. The lowest BCUT2D eigenvalue weighted by molar-refractivity contribution is -0.119. The Balaban J connectivity index is 2.71. The van der Waals surface area contributed by atoms with E-state index < -0.39 is 0 Å². The smallest absolute Gasteiger partial charge is 0.224 e. The number of carbonyl (C=O) groups is 1. The molecule has 1 amide bonds. The van der Waals surface area contributed by atoms with Crippen molar-refractivity contribution in [1.29, 1.82) is 0 Å². The van der Waals surface area contributed by atoms with Gasteiger partial charge in [0.15, 0.2) is 0 Å². The normalized spacial score (nSPS) is 12.6. The highest BCUT2D eigenvalue weighted by atomic mass is 16.1. The van der Waals surface area contributed by atoms with Gasteiger partial charge in [-0.1, -0.05) is 44.5 Å². The fraction of sp³-hybridized carbons (Fsp3) is 0.562. The molecule has 1 rings (SSSR count). The third-order valence-corrected chi connectivity index (χ3v) is 3.32. The van der Waals surface area contributed by atoms with Crippen LogP contribution in [0.1, 0.15) is 50.2 Å². The largest absolute Gasteiger partial charge is 0.369 e. The van der Waals surface area contributed by atoms with E-state index in [1.807, 2.05) is 12.1 Å². The van der Waals surface area contributed by atoms with Crippen molar-refractivity contribution in [2.45, 2.75) is 45.4 Å². The number of benzene rings is 1. The van der Waals surface area contributed by atoms with Gasteiger partial charge < -0.3 is 11.5 Å². The fourth-order valence-electron chi connectivity index (χ4n) is 2.32. The first-order valence-electron chi connectivity index (χ1n) is 7.12. The van der Waals surface area contributed by atoms with E-state index in [0.717, 1.165) is 31.2 Å². The Bertz CT molecular complexity index is 384. The van der Waals surface area contributed by atoms with Gasteiger partial charge in [0.25, 0.3) is 0 Å². The van der Waals surface area contributed by atoms with Crippen molar-refractivity contribution in [3.05, 3.63) is 35.4 Å². The van der Waals surface area contributed by atoms with E-state index in [-0.39, 0.29) is 11.8 Å². The predicted octanol–water partition coefficient (Wildman–Crippen LogP) is 2.58. The summed E-state index contributed by atoms with van der Waals surface area (Å²) < 4.78 is 0. The summed E-state index contributed by atoms with van der Waals surface area (Å²) in [5, 5.41) is 0. The van der Waals surface area contributed by atoms with E-state index in [2.05, 4.69) is 26.0 Å². The van der Waals surface area contributed by atoms with Crippen LogP contribution in [-0.4, -0.2) is 12.5 Å². The SMILES string of the molecule is CC(C)Cc1ccc([C@@H](CCCCN)C(N)=O)cc1. The summed E-state index contributed by atoms with van der Waals surface area (Å²) >= 11 is 0. The topological polar surface area (TPSA) is 69.1 Å². The van der Waals surface area contributed by atoms with Crippen LogP contribution in [0.5, 0.6) is 0 Å². The summed E-state index contributed by atoms with van der Waals surface area (Å²) in [6.07, 6.45) is 3.73. The summed E-state index contributed by atoms with van der Waals surface area (Å²) in [6.45, 7) is 5.07. The molecule has 0 heterocycles. The second kappa shape index (κ2) is 7.95. The van der Waals surface area contributed by atoms with Gasteiger partial charge >= 0.3 is 0 Å². The molecule has 3 nitrogen and oxygen atoms in total. The Morgan fingerprint density at radius 3 is 2.26 bits per heavy atom. The van der Waals surface area contributed by atoms with Gasteiger partial charge in [0.05, 0.1) is 5.92 Å². The quantitative estimate of drug-likeness (QED) is 0.707. The average Bonchev–Trinajstić information content (AvgIpc) is 2.35. The molecule has 0 aromatic heterocycles. The molecule has 106 valence electrons. The zero-order chi connectivity index (χ0) is 14.3. The highest BCUT2D eigenvalue weighted by molar-refractivity contribution is 5.81. The number of unbranched alkanes of at least 4 members (excludes halogenated alkanes) is 1. The molecule has 0 aliphatic heterocycles. The first kappa shape index (κ1) is 15.7. The Morgan fingerprint density at radius 1 is 1.16 bits per heavy atom. The third-order valence-electron chi connectivity index (χ3n) is 3.32. The Morgan fingerprint density at radius 2 is 1.79 bits per heavy atom. The van der Waals surface area contributed by atoms with Crippen LogP contribution >= 0.6 is 0 Å². The van der Waals surface area contributed by atoms with Crippen LogP contribution in [0.2, 0.25) is 0 Å². The summed E-state index contributed by atoms with van der Waals surface area (Å²) in [7, 11) is 0. The number of hydrogen-bond acceptors (Lipinski definition) is 2. The number of carbonyl (C=O) groups excluding carboxylic acids is 1. The predicted molar refractivity (Wildman–Crippen MR) is 79.8 cm³/mol. The number of rotatable bonds is 8. The molecule has 0 radical (unpaired) electrons. The summed E-state index contributed by atoms with van der Waals surface area (Å²) in [5.74, 6) is 0.218. The molecular formula is C16H26N2O. The van der Waals surface area contributed by atoms with Crippen LogP contribution in [0.3, 0.4) is 0 Å². The van der Waals surface area contributed by atoms with Crippen molar-refractivity contribution in [3.63, 3.8) is 0 Å². The molecule has 3 heteroatoms. The molecule has 0 fully saturated rings. The van der Waals surface area contributed by atoms with Gasteiger partial charge in [0, 0.05) is 0 Å². The number of nitrogens with two attached hydrogens (primary N) is 2. The highest BCUT2D eigenvalue weighted by Crippen LogP contribution is 2.22.